The molecule has 27 heavy (non-hydrogen) atoms. The lowest BCUT2D eigenvalue weighted by molar-refractivity contribution is -0.157. The van der Waals surface area contributed by atoms with Crippen LogP contribution in [0.15, 0.2) is 53.0 Å². The molecular weight excluding hydrogens is 408 g/mol. The number of ether oxygens (including phenoxy) is 1. The minimum Gasteiger partial charge on any atom is -0.458 e. The van der Waals surface area contributed by atoms with Crippen molar-refractivity contribution in [3.05, 3.63) is 64.1 Å². The second kappa shape index (κ2) is 9.04. The van der Waals surface area contributed by atoms with Crippen LogP contribution in [0.25, 0.3) is 0 Å². The Morgan fingerprint density at radius 1 is 1.11 bits per heavy atom. The van der Waals surface area contributed by atoms with Gasteiger partial charge in [0.1, 0.15) is 11.6 Å². The molecule has 0 radical (unpaired) electrons. The van der Waals surface area contributed by atoms with Gasteiger partial charge in [0.05, 0.1) is 0 Å². The van der Waals surface area contributed by atoms with Gasteiger partial charge in [0.2, 0.25) is 0 Å². The summed E-state index contributed by atoms with van der Waals surface area (Å²) in [5.41, 5.74) is 1.90. The van der Waals surface area contributed by atoms with E-state index in [1.165, 1.54) is 0 Å². The van der Waals surface area contributed by atoms with E-state index in [-0.39, 0.29) is 0 Å². The highest BCUT2D eigenvalue weighted by Crippen LogP contribution is 2.20. The Bertz CT molecular complexity index is 801. The number of hydrogen-bond donors (Lipinski definition) is 2. The first kappa shape index (κ1) is 21.0. The van der Waals surface area contributed by atoms with E-state index in [4.69, 9.17) is 4.74 Å². The largest absolute Gasteiger partial charge is 0.458 e. The molecule has 0 saturated heterocycles. The molecule has 2 N–H and O–H groups in total. The summed E-state index contributed by atoms with van der Waals surface area (Å²) in [6, 6.07) is 13.8. The zero-order valence-corrected chi connectivity index (χ0v) is 17.6. The van der Waals surface area contributed by atoms with E-state index in [0.29, 0.717) is 12.1 Å². The Labute approximate surface area is 168 Å². The summed E-state index contributed by atoms with van der Waals surface area (Å²) >= 11 is 3.40. The Balaban J connectivity index is 2.12. The topological polar surface area (TPSA) is 67.4 Å². The van der Waals surface area contributed by atoms with Crippen molar-refractivity contribution in [2.45, 2.75) is 45.8 Å². The van der Waals surface area contributed by atoms with E-state index in [1.54, 1.807) is 26.8 Å². The van der Waals surface area contributed by atoms with Gasteiger partial charge in [-0.1, -0.05) is 46.3 Å². The zero-order chi connectivity index (χ0) is 20.0. The van der Waals surface area contributed by atoms with Crippen molar-refractivity contribution in [1.82, 2.24) is 5.32 Å². The molecule has 144 valence electrons. The van der Waals surface area contributed by atoms with E-state index >= 15 is 0 Å². The van der Waals surface area contributed by atoms with Gasteiger partial charge in [0, 0.05) is 16.6 Å². The third kappa shape index (κ3) is 7.06. The summed E-state index contributed by atoms with van der Waals surface area (Å²) in [6.45, 7) is 7.30. The number of carbonyl (C=O) groups excluding carboxylic acids is 2. The van der Waals surface area contributed by atoms with Gasteiger partial charge in [-0.2, -0.15) is 0 Å². The van der Waals surface area contributed by atoms with E-state index in [2.05, 4.69) is 26.6 Å². The molecule has 1 atom stereocenters. The Kier molecular flexibility index (Phi) is 7.02. The smallest absolute Gasteiger partial charge is 0.329 e. The number of esters is 1. The molecule has 0 bridgehead atoms. The molecule has 0 aromatic heterocycles. The highest BCUT2D eigenvalue weighted by atomic mass is 79.9. The van der Waals surface area contributed by atoms with Gasteiger partial charge >= 0.3 is 12.0 Å². The van der Waals surface area contributed by atoms with Gasteiger partial charge in [-0.05, 0) is 57.0 Å². The van der Waals surface area contributed by atoms with Crippen LogP contribution in [0.1, 0.15) is 31.9 Å². The van der Waals surface area contributed by atoms with Crippen molar-refractivity contribution < 1.29 is 14.3 Å². The molecule has 2 aromatic carbocycles. The number of urea groups is 1. The number of hydrogen-bond acceptors (Lipinski definition) is 3. The number of aryl methyl sites for hydroxylation is 1. The SMILES string of the molecule is Cc1cc(Br)ccc1NC(=O)NC(Cc1ccccc1)C(=O)OC(C)(C)C. The summed E-state index contributed by atoms with van der Waals surface area (Å²) in [4.78, 5) is 25.1. The molecule has 2 aromatic rings. The Hall–Kier alpha value is -2.34. The van der Waals surface area contributed by atoms with Crippen molar-refractivity contribution in [3.8, 4) is 0 Å². The fourth-order valence-electron chi connectivity index (χ4n) is 2.50. The molecule has 2 rings (SSSR count). The molecule has 0 heterocycles. The summed E-state index contributed by atoms with van der Waals surface area (Å²) in [5, 5.41) is 5.53. The number of amides is 2. The van der Waals surface area contributed by atoms with E-state index in [1.807, 2.05) is 49.4 Å². The fraction of sp³-hybridized carbons (Fsp3) is 0.333. The fourth-order valence-corrected chi connectivity index (χ4v) is 2.98. The van der Waals surface area contributed by atoms with Crippen LogP contribution < -0.4 is 10.6 Å². The second-order valence-corrected chi connectivity index (χ2v) is 8.25. The maximum absolute atomic E-state index is 12.6. The molecule has 0 aliphatic carbocycles. The highest BCUT2D eigenvalue weighted by molar-refractivity contribution is 9.10. The maximum atomic E-state index is 12.6. The number of anilines is 1. The van der Waals surface area contributed by atoms with Crippen LogP contribution in [0.5, 0.6) is 0 Å². The van der Waals surface area contributed by atoms with E-state index in [9.17, 15) is 9.59 Å². The third-order valence-electron chi connectivity index (χ3n) is 3.72. The number of halogens is 1. The predicted molar refractivity (Wildman–Crippen MR) is 111 cm³/mol. The summed E-state index contributed by atoms with van der Waals surface area (Å²) in [6.07, 6.45) is 0.350. The number of carbonyl (C=O) groups is 2. The summed E-state index contributed by atoms with van der Waals surface area (Å²) in [5.74, 6) is -0.464. The first-order chi connectivity index (χ1) is 12.6. The molecule has 0 fully saturated rings. The van der Waals surface area contributed by atoms with Crippen molar-refractivity contribution in [2.24, 2.45) is 0 Å². The van der Waals surface area contributed by atoms with Crippen LogP contribution in [0, 0.1) is 6.92 Å². The molecule has 2 amide bonds. The van der Waals surface area contributed by atoms with Crippen molar-refractivity contribution >= 4 is 33.6 Å². The first-order valence-electron chi connectivity index (χ1n) is 8.74. The number of benzene rings is 2. The molecule has 5 nitrogen and oxygen atoms in total. The number of rotatable bonds is 5. The Morgan fingerprint density at radius 2 is 1.78 bits per heavy atom. The number of nitrogens with one attached hydrogen (secondary N) is 2. The average Bonchev–Trinajstić information content (AvgIpc) is 2.56. The van der Waals surface area contributed by atoms with Crippen molar-refractivity contribution in [3.63, 3.8) is 0 Å². The van der Waals surface area contributed by atoms with Crippen LogP contribution in [0.4, 0.5) is 10.5 Å². The lowest BCUT2D eigenvalue weighted by Crippen LogP contribution is -2.47. The lowest BCUT2D eigenvalue weighted by Gasteiger charge is -2.25. The van der Waals surface area contributed by atoms with Crippen molar-refractivity contribution in [1.29, 1.82) is 0 Å². The lowest BCUT2D eigenvalue weighted by atomic mass is 10.1. The van der Waals surface area contributed by atoms with Crippen LogP contribution in [0.2, 0.25) is 0 Å². The second-order valence-electron chi connectivity index (χ2n) is 7.33. The average molecular weight is 433 g/mol. The van der Waals surface area contributed by atoms with Crippen LogP contribution in [-0.2, 0) is 16.0 Å². The Morgan fingerprint density at radius 3 is 2.37 bits per heavy atom. The minimum absolute atomic E-state index is 0.350. The zero-order valence-electron chi connectivity index (χ0n) is 16.0. The third-order valence-corrected chi connectivity index (χ3v) is 4.21. The molecule has 1 unspecified atom stereocenters. The van der Waals surface area contributed by atoms with Gasteiger partial charge in [-0.25, -0.2) is 9.59 Å². The normalized spacial score (nSPS) is 12.2. The molecule has 0 aliphatic heterocycles. The van der Waals surface area contributed by atoms with Gasteiger partial charge in [0.15, 0.2) is 0 Å². The quantitative estimate of drug-likeness (QED) is 0.664. The monoisotopic (exact) mass is 432 g/mol. The molecular formula is C21H25BrN2O3. The molecule has 0 saturated carbocycles. The van der Waals surface area contributed by atoms with Crippen LogP contribution >= 0.6 is 15.9 Å². The van der Waals surface area contributed by atoms with Gasteiger partial charge in [-0.15, -0.1) is 0 Å². The maximum Gasteiger partial charge on any atom is 0.329 e. The van der Waals surface area contributed by atoms with Crippen molar-refractivity contribution in [2.75, 3.05) is 5.32 Å². The van der Waals surface area contributed by atoms with Gasteiger partial charge < -0.3 is 15.4 Å². The van der Waals surface area contributed by atoms with Gasteiger partial charge in [-0.3, -0.25) is 0 Å². The van der Waals surface area contributed by atoms with Crippen LogP contribution in [-0.4, -0.2) is 23.6 Å². The predicted octanol–water partition coefficient (Wildman–Crippen LogP) is 4.83. The summed E-state index contributed by atoms with van der Waals surface area (Å²) in [7, 11) is 0. The minimum atomic E-state index is -0.789. The molecule has 0 aliphatic rings. The van der Waals surface area contributed by atoms with Crippen LogP contribution in [0.3, 0.4) is 0 Å². The standard InChI is InChI=1S/C21H25BrN2O3/c1-14-12-16(22)10-11-17(14)23-20(26)24-18(19(25)27-21(2,3)4)13-15-8-6-5-7-9-15/h5-12,18H,13H2,1-4H3,(H2,23,24,26). The first-order valence-corrected chi connectivity index (χ1v) is 9.54. The molecule has 0 spiro atoms. The van der Waals surface area contributed by atoms with Gasteiger partial charge in [0.25, 0.3) is 0 Å². The molecule has 6 heteroatoms. The highest BCUT2D eigenvalue weighted by Gasteiger charge is 2.27. The summed E-state index contributed by atoms with van der Waals surface area (Å²) < 4.78 is 6.41. The van der Waals surface area contributed by atoms with E-state index < -0.39 is 23.6 Å². The van der Waals surface area contributed by atoms with E-state index in [0.717, 1.165) is 15.6 Å².